The van der Waals surface area contributed by atoms with E-state index in [0.29, 0.717) is 17.9 Å². The van der Waals surface area contributed by atoms with E-state index >= 15 is 0 Å². The zero-order chi connectivity index (χ0) is 10.3. The van der Waals surface area contributed by atoms with Crippen molar-refractivity contribution in [2.75, 3.05) is 6.61 Å². The smallest absolute Gasteiger partial charge is 0.183 e. The second kappa shape index (κ2) is 3.66. The van der Waals surface area contributed by atoms with Gasteiger partial charge in [0.25, 0.3) is 0 Å². The molecular formula is C10H8Br2O2. The number of hydrogen-bond donors (Lipinski definition) is 0. The van der Waals surface area contributed by atoms with Gasteiger partial charge in [0, 0.05) is 4.47 Å². The normalized spacial score (nSPS) is 20.2. The largest absolute Gasteiger partial charge is 0.491 e. The fraction of sp³-hybridized carbons (Fsp3) is 0.300. The maximum absolute atomic E-state index is 11.8. The summed E-state index contributed by atoms with van der Waals surface area (Å²) in [6.07, 6.45) is 0. The SMILES string of the molecule is Cc1cc(Br)cc2c1OCC(Br)C2=O. The first-order valence-electron chi connectivity index (χ1n) is 4.21. The van der Waals surface area contributed by atoms with Crippen LogP contribution in [0.25, 0.3) is 0 Å². The number of ketones is 1. The van der Waals surface area contributed by atoms with E-state index in [2.05, 4.69) is 31.9 Å². The number of aryl methyl sites for hydroxylation is 1. The molecule has 14 heavy (non-hydrogen) atoms. The Morgan fingerprint density at radius 3 is 2.93 bits per heavy atom. The van der Waals surface area contributed by atoms with Crippen molar-refractivity contribution in [2.24, 2.45) is 0 Å². The van der Waals surface area contributed by atoms with E-state index in [0.717, 1.165) is 10.0 Å². The molecule has 1 atom stereocenters. The Bertz CT molecular complexity index is 401. The summed E-state index contributed by atoms with van der Waals surface area (Å²) in [5, 5.41) is 0. The summed E-state index contributed by atoms with van der Waals surface area (Å²) in [7, 11) is 0. The number of rotatable bonds is 0. The van der Waals surface area contributed by atoms with Gasteiger partial charge >= 0.3 is 0 Å². The topological polar surface area (TPSA) is 26.3 Å². The molecule has 0 amide bonds. The minimum absolute atomic E-state index is 0.0932. The Balaban J connectivity index is 2.60. The van der Waals surface area contributed by atoms with E-state index in [1.54, 1.807) is 6.07 Å². The molecule has 0 saturated heterocycles. The van der Waals surface area contributed by atoms with Gasteiger partial charge < -0.3 is 4.74 Å². The second-order valence-corrected chi connectivity index (χ2v) is 5.26. The highest BCUT2D eigenvalue weighted by Gasteiger charge is 2.27. The van der Waals surface area contributed by atoms with Gasteiger partial charge in [0.05, 0.1) is 5.56 Å². The molecule has 0 bridgehead atoms. The van der Waals surface area contributed by atoms with E-state index in [9.17, 15) is 4.79 Å². The molecule has 74 valence electrons. The van der Waals surface area contributed by atoms with Crippen molar-refractivity contribution < 1.29 is 9.53 Å². The van der Waals surface area contributed by atoms with Gasteiger partial charge in [-0.1, -0.05) is 31.9 Å². The summed E-state index contributed by atoms with van der Waals surface area (Å²) in [5.74, 6) is 0.810. The van der Waals surface area contributed by atoms with Crippen LogP contribution in [0.4, 0.5) is 0 Å². The highest BCUT2D eigenvalue weighted by atomic mass is 79.9. The van der Waals surface area contributed by atoms with Crippen LogP contribution in [0.1, 0.15) is 15.9 Å². The van der Waals surface area contributed by atoms with Crippen molar-refractivity contribution in [1.29, 1.82) is 0 Å². The highest BCUT2D eigenvalue weighted by molar-refractivity contribution is 9.10. The molecule has 2 rings (SSSR count). The summed E-state index contributed by atoms with van der Waals surface area (Å²) >= 11 is 6.65. The second-order valence-electron chi connectivity index (χ2n) is 3.24. The van der Waals surface area contributed by atoms with Crippen LogP contribution in [-0.2, 0) is 0 Å². The molecule has 0 radical (unpaired) electrons. The first-order valence-corrected chi connectivity index (χ1v) is 5.91. The van der Waals surface area contributed by atoms with Gasteiger partial charge in [0.1, 0.15) is 17.2 Å². The zero-order valence-corrected chi connectivity index (χ0v) is 10.7. The average molecular weight is 320 g/mol. The molecule has 0 spiro atoms. The summed E-state index contributed by atoms with van der Waals surface area (Å²) < 4.78 is 6.41. The van der Waals surface area contributed by atoms with Crippen LogP contribution in [-0.4, -0.2) is 17.2 Å². The van der Waals surface area contributed by atoms with Crippen molar-refractivity contribution >= 4 is 37.6 Å². The maximum Gasteiger partial charge on any atom is 0.183 e. The lowest BCUT2D eigenvalue weighted by Gasteiger charge is -2.22. The van der Waals surface area contributed by atoms with Gasteiger partial charge in [0.2, 0.25) is 0 Å². The number of halogens is 2. The van der Waals surface area contributed by atoms with E-state index in [1.165, 1.54) is 0 Å². The lowest BCUT2D eigenvalue weighted by molar-refractivity contribution is 0.0945. The van der Waals surface area contributed by atoms with E-state index in [4.69, 9.17) is 4.74 Å². The molecule has 1 aromatic rings. The zero-order valence-electron chi connectivity index (χ0n) is 7.51. The highest BCUT2D eigenvalue weighted by Crippen LogP contribution is 2.33. The van der Waals surface area contributed by atoms with Crippen molar-refractivity contribution in [3.05, 3.63) is 27.7 Å². The number of hydrogen-bond acceptors (Lipinski definition) is 2. The standard InChI is InChI=1S/C10H8Br2O2/c1-5-2-6(11)3-7-9(13)8(12)4-14-10(5)7/h2-3,8H,4H2,1H3. The number of Topliss-reactive ketones (excluding diaryl/α,β-unsaturated/α-hetero) is 1. The molecule has 1 aliphatic rings. The Hall–Kier alpha value is -0.350. The summed E-state index contributed by atoms with van der Waals surface area (Å²) in [4.78, 5) is 11.6. The molecule has 4 heteroatoms. The fourth-order valence-corrected chi connectivity index (χ4v) is 2.46. The van der Waals surface area contributed by atoms with Gasteiger partial charge in [0.15, 0.2) is 5.78 Å². The maximum atomic E-state index is 11.8. The van der Waals surface area contributed by atoms with Crippen LogP contribution in [0, 0.1) is 6.92 Å². The summed E-state index contributed by atoms with van der Waals surface area (Å²) in [5.41, 5.74) is 1.65. The van der Waals surface area contributed by atoms with Gasteiger partial charge in [-0.15, -0.1) is 0 Å². The van der Waals surface area contributed by atoms with Gasteiger partial charge in [-0.3, -0.25) is 4.79 Å². The molecule has 1 unspecified atom stereocenters. The van der Waals surface area contributed by atoms with E-state index in [1.807, 2.05) is 13.0 Å². The first-order chi connectivity index (χ1) is 6.59. The molecule has 0 fully saturated rings. The minimum atomic E-state index is -0.219. The number of benzene rings is 1. The Kier molecular flexibility index (Phi) is 2.66. The lowest BCUT2D eigenvalue weighted by atomic mass is 10.0. The Labute approximate surface area is 98.9 Å². The summed E-state index contributed by atoms with van der Waals surface area (Å²) in [6.45, 7) is 2.35. The molecule has 2 nitrogen and oxygen atoms in total. The van der Waals surface area contributed by atoms with Gasteiger partial charge in [-0.25, -0.2) is 0 Å². The van der Waals surface area contributed by atoms with Crippen molar-refractivity contribution in [1.82, 2.24) is 0 Å². The van der Waals surface area contributed by atoms with Crippen LogP contribution in [0.15, 0.2) is 16.6 Å². The first kappa shape index (κ1) is 10.2. The molecular weight excluding hydrogens is 312 g/mol. The number of carbonyl (C=O) groups is 1. The Morgan fingerprint density at radius 2 is 2.21 bits per heavy atom. The van der Waals surface area contributed by atoms with Crippen molar-refractivity contribution in [2.45, 2.75) is 11.8 Å². The molecule has 0 aromatic heterocycles. The quantitative estimate of drug-likeness (QED) is 0.687. The van der Waals surface area contributed by atoms with Gasteiger partial charge in [-0.05, 0) is 24.6 Å². The average Bonchev–Trinajstić information content (AvgIpc) is 2.12. The van der Waals surface area contributed by atoms with E-state index in [-0.39, 0.29) is 10.6 Å². The lowest BCUT2D eigenvalue weighted by Crippen LogP contribution is -2.28. The molecule has 1 aromatic carbocycles. The Morgan fingerprint density at radius 1 is 1.50 bits per heavy atom. The minimum Gasteiger partial charge on any atom is -0.491 e. The number of alkyl halides is 1. The van der Waals surface area contributed by atoms with Crippen LogP contribution >= 0.6 is 31.9 Å². The van der Waals surface area contributed by atoms with E-state index < -0.39 is 0 Å². The predicted octanol–water partition coefficient (Wildman–Crippen LogP) is 3.10. The van der Waals surface area contributed by atoms with Crippen molar-refractivity contribution in [3.8, 4) is 5.75 Å². The van der Waals surface area contributed by atoms with Crippen LogP contribution in [0.3, 0.4) is 0 Å². The third-order valence-corrected chi connectivity index (χ3v) is 3.30. The van der Waals surface area contributed by atoms with Crippen LogP contribution in [0.5, 0.6) is 5.75 Å². The number of fused-ring (bicyclic) bond motifs is 1. The summed E-state index contributed by atoms with van der Waals surface area (Å²) in [6, 6.07) is 3.75. The molecule has 1 heterocycles. The third-order valence-electron chi connectivity index (χ3n) is 2.16. The predicted molar refractivity (Wildman–Crippen MR) is 61.4 cm³/mol. The van der Waals surface area contributed by atoms with Gasteiger partial charge in [-0.2, -0.15) is 0 Å². The van der Waals surface area contributed by atoms with Crippen LogP contribution < -0.4 is 4.74 Å². The molecule has 0 saturated carbocycles. The third kappa shape index (κ3) is 1.61. The molecule has 1 aliphatic heterocycles. The molecule has 0 N–H and O–H groups in total. The fourth-order valence-electron chi connectivity index (χ4n) is 1.51. The van der Waals surface area contributed by atoms with Crippen molar-refractivity contribution in [3.63, 3.8) is 0 Å². The molecule has 0 aliphatic carbocycles. The number of carbonyl (C=O) groups excluding carboxylic acids is 1. The monoisotopic (exact) mass is 318 g/mol. The van der Waals surface area contributed by atoms with Crippen LogP contribution in [0.2, 0.25) is 0 Å². The number of ether oxygens (including phenoxy) is 1.